The van der Waals surface area contributed by atoms with E-state index in [1.165, 1.54) is 0 Å². The van der Waals surface area contributed by atoms with Crippen LogP contribution in [0, 0.1) is 0 Å². The molecule has 0 radical (unpaired) electrons. The molecule has 0 atom stereocenters. The summed E-state index contributed by atoms with van der Waals surface area (Å²) in [5.74, 6) is 0. The van der Waals surface area contributed by atoms with Crippen LogP contribution >= 0.6 is 0 Å². The van der Waals surface area contributed by atoms with Gasteiger partial charge in [0.15, 0.2) is 0 Å². The number of rotatable bonds is 4. The Kier molecular flexibility index (Phi) is 4.27. The molecule has 0 unspecified atom stereocenters. The van der Waals surface area contributed by atoms with E-state index in [4.69, 9.17) is 0 Å². The molecular formula is C5H2F10O2. The lowest BCUT2D eigenvalue weighted by Gasteiger charge is -2.23. The van der Waals surface area contributed by atoms with Crippen LogP contribution in [0.3, 0.4) is 0 Å². The number of hydrogen-bond donors (Lipinski definition) is 0. The van der Waals surface area contributed by atoms with E-state index in [1.807, 2.05) is 9.47 Å². The molecule has 0 N–H and O–H groups in total. The SMILES string of the molecule is FC(F)(F)OC(F)(F)CC(F)(F)OC(F)(F)F. The summed E-state index contributed by atoms with van der Waals surface area (Å²) in [5.41, 5.74) is 0. The Morgan fingerprint density at radius 2 is 0.765 bits per heavy atom. The Morgan fingerprint density at radius 3 is 0.941 bits per heavy atom. The molecule has 12 heteroatoms. The van der Waals surface area contributed by atoms with E-state index in [9.17, 15) is 43.9 Å². The van der Waals surface area contributed by atoms with Crippen molar-refractivity contribution in [2.75, 3.05) is 0 Å². The summed E-state index contributed by atoms with van der Waals surface area (Å²) in [6, 6.07) is 0. The Bertz CT molecular complexity index is 226. The standard InChI is InChI=1S/C5H2F10O2/c6-2(7,16-4(10,11)12)1-3(8,9)17-5(13,14)15/h1H2. The van der Waals surface area contributed by atoms with Crippen molar-refractivity contribution in [1.29, 1.82) is 0 Å². The van der Waals surface area contributed by atoms with E-state index in [0.29, 0.717) is 0 Å². The van der Waals surface area contributed by atoms with Crippen molar-refractivity contribution in [2.24, 2.45) is 0 Å². The summed E-state index contributed by atoms with van der Waals surface area (Å²) in [5, 5.41) is 0. The molecule has 2 nitrogen and oxygen atoms in total. The van der Waals surface area contributed by atoms with Gasteiger partial charge in [0.2, 0.25) is 0 Å². The van der Waals surface area contributed by atoms with Crippen LogP contribution in [0.2, 0.25) is 0 Å². The first-order valence-corrected chi connectivity index (χ1v) is 3.41. The molecule has 0 heterocycles. The van der Waals surface area contributed by atoms with Crippen LogP contribution in [0.5, 0.6) is 0 Å². The average molecular weight is 284 g/mol. The smallest absolute Gasteiger partial charge is 0.225 e. The van der Waals surface area contributed by atoms with Crippen LogP contribution in [0.1, 0.15) is 6.42 Å². The van der Waals surface area contributed by atoms with Crippen LogP contribution in [0.25, 0.3) is 0 Å². The molecule has 0 aromatic heterocycles. The second-order valence-electron chi connectivity index (χ2n) is 2.55. The molecule has 0 fully saturated rings. The molecule has 0 saturated heterocycles. The van der Waals surface area contributed by atoms with Gasteiger partial charge in [-0.15, -0.1) is 26.3 Å². The second-order valence-corrected chi connectivity index (χ2v) is 2.55. The predicted octanol–water partition coefficient (Wildman–Crippen LogP) is 3.63. The number of halogens is 10. The normalized spacial score (nSPS) is 15.2. The third-order valence-electron chi connectivity index (χ3n) is 0.942. The Morgan fingerprint density at radius 1 is 0.529 bits per heavy atom. The van der Waals surface area contributed by atoms with Gasteiger partial charge in [0.05, 0.1) is 0 Å². The lowest BCUT2D eigenvalue weighted by atomic mass is 10.4. The van der Waals surface area contributed by atoms with E-state index in [-0.39, 0.29) is 0 Å². The Labute approximate surface area is 86.1 Å². The lowest BCUT2D eigenvalue weighted by molar-refractivity contribution is -0.468. The van der Waals surface area contributed by atoms with E-state index >= 15 is 0 Å². The van der Waals surface area contributed by atoms with Crippen molar-refractivity contribution in [2.45, 2.75) is 31.4 Å². The number of alkyl halides is 10. The predicted molar refractivity (Wildman–Crippen MR) is 28.8 cm³/mol. The lowest BCUT2D eigenvalue weighted by Crippen LogP contribution is -2.39. The van der Waals surface area contributed by atoms with E-state index < -0.39 is 31.4 Å². The molecule has 0 spiro atoms. The molecule has 0 aliphatic heterocycles. The van der Waals surface area contributed by atoms with E-state index in [1.54, 1.807) is 0 Å². The fourth-order valence-corrected chi connectivity index (χ4v) is 0.650. The van der Waals surface area contributed by atoms with Gasteiger partial charge >= 0.3 is 24.9 Å². The maximum Gasteiger partial charge on any atom is 0.527 e. The Hall–Kier alpha value is -0.780. The summed E-state index contributed by atoms with van der Waals surface area (Å²) in [7, 11) is 0. The highest BCUT2D eigenvalue weighted by Gasteiger charge is 2.55. The molecule has 0 aliphatic rings. The third-order valence-corrected chi connectivity index (χ3v) is 0.942. The van der Waals surface area contributed by atoms with Crippen molar-refractivity contribution < 1.29 is 53.4 Å². The summed E-state index contributed by atoms with van der Waals surface area (Å²) in [6.07, 6.45) is -26.3. The molecule has 17 heavy (non-hydrogen) atoms. The van der Waals surface area contributed by atoms with Crippen molar-refractivity contribution in [3.05, 3.63) is 0 Å². The first-order chi connectivity index (χ1) is 7.12. The highest BCUT2D eigenvalue weighted by atomic mass is 19.4. The largest absolute Gasteiger partial charge is 0.527 e. The van der Waals surface area contributed by atoms with Crippen LogP contribution < -0.4 is 0 Å². The molecule has 0 amide bonds. The van der Waals surface area contributed by atoms with Crippen LogP contribution in [0.15, 0.2) is 0 Å². The zero-order valence-electron chi connectivity index (χ0n) is 7.30. The molecular weight excluding hydrogens is 282 g/mol. The van der Waals surface area contributed by atoms with Gasteiger partial charge < -0.3 is 0 Å². The number of hydrogen-bond acceptors (Lipinski definition) is 2. The Balaban J connectivity index is 4.59. The van der Waals surface area contributed by atoms with Gasteiger partial charge in [-0.05, 0) is 0 Å². The summed E-state index contributed by atoms with van der Waals surface area (Å²) in [6.45, 7) is 0. The molecule has 104 valence electrons. The van der Waals surface area contributed by atoms with Gasteiger partial charge in [-0.2, -0.15) is 17.6 Å². The molecule has 0 rings (SSSR count). The van der Waals surface area contributed by atoms with Crippen LogP contribution in [-0.4, -0.2) is 24.9 Å². The molecule has 0 aromatic carbocycles. The van der Waals surface area contributed by atoms with E-state index in [2.05, 4.69) is 0 Å². The van der Waals surface area contributed by atoms with E-state index in [0.717, 1.165) is 0 Å². The molecule has 0 aliphatic carbocycles. The first kappa shape index (κ1) is 16.2. The monoisotopic (exact) mass is 284 g/mol. The number of ether oxygens (including phenoxy) is 2. The topological polar surface area (TPSA) is 18.5 Å². The second kappa shape index (κ2) is 4.48. The minimum Gasteiger partial charge on any atom is -0.225 e. The zero-order chi connectivity index (χ0) is 14.1. The minimum absolute atomic E-state index is 1.91. The maximum atomic E-state index is 12.1. The quantitative estimate of drug-likeness (QED) is 0.734. The minimum atomic E-state index is -5.99. The molecule has 0 saturated carbocycles. The van der Waals surface area contributed by atoms with Crippen LogP contribution in [0.4, 0.5) is 43.9 Å². The maximum absolute atomic E-state index is 12.1. The highest BCUT2D eigenvalue weighted by Crippen LogP contribution is 2.39. The van der Waals surface area contributed by atoms with Crippen molar-refractivity contribution in [1.82, 2.24) is 0 Å². The van der Waals surface area contributed by atoms with Crippen molar-refractivity contribution >= 4 is 0 Å². The molecule has 0 aromatic rings. The third kappa shape index (κ3) is 8.97. The zero-order valence-corrected chi connectivity index (χ0v) is 7.30. The van der Waals surface area contributed by atoms with Crippen LogP contribution in [-0.2, 0) is 9.47 Å². The summed E-state index contributed by atoms with van der Waals surface area (Å²) >= 11 is 0. The summed E-state index contributed by atoms with van der Waals surface area (Å²) < 4.78 is 120. The first-order valence-electron chi connectivity index (χ1n) is 3.41. The fraction of sp³-hybridized carbons (Fsp3) is 1.00. The van der Waals surface area contributed by atoms with Gasteiger partial charge in [0, 0.05) is 0 Å². The average Bonchev–Trinajstić information content (AvgIpc) is 1.65. The van der Waals surface area contributed by atoms with Crippen molar-refractivity contribution in [3.8, 4) is 0 Å². The van der Waals surface area contributed by atoms with Gasteiger partial charge in [-0.1, -0.05) is 0 Å². The van der Waals surface area contributed by atoms with Gasteiger partial charge in [0.1, 0.15) is 6.42 Å². The summed E-state index contributed by atoms with van der Waals surface area (Å²) in [4.78, 5) is 0. The van der Waals surface area contributed by atoms with Gasteiger partial charge in [0.25, 0.3) is 0 Å². The van der Waals surface area contributed by atoms with Gasteiger partial charge in [-0.3, -0.25) is 0 Å². The highest BCUT2D eigenvalue weighted by molar-refractivity contribution is 4.63. The van der Waals surface area contributed by atoms with Crippen molar-refractivity contribution in [3.63, 3.8) is 0 Å². The fourth-order valence-electron chi connectivity index (χ4n) is 0.650. The molecule has 0 bridgehead atoms. The van der Waals surface area contributed by atoms with Gasteiger partial charge in [-0.25, -0.2) is 9.47 Å².